The maximum atomic E-state index is 11.0. The number of benzene rings is 1. The molecule has 0 saturated heterocycles. The fourth-order valence-electron chi connectivity index (χ4n) is 2.15. The Balaban J connectivity index is 2.07. The zero-order valence-electron chi connectivity index (χ0n) is 11.6. The highest BCUT2D eigenvalue weighted by Gasteiger charge is 2.18. The molecular weight excluding hydrogens is 254 g/mol. The number of pyridine rings is 1. The average Bonchev–Trinajstić information content (AvgIpc) is 2.42. The summed E-state index contributed by atoms with van der Waals surface area (Å²) in [5, 5.41) is 14.3. The van der Waals surface area contributed by atoms with Crippen LogP contribution in [0.25, 0.3) is 0 Å². The van der Waals surface area contributed by atoms with E-state index in [1.54, 1.807) is 20.0 Å². The number of nitrogens with one attached hydrogen (secondary N) is 1. The van der Waals surface area contributed by atoms with E-state index in [-0.39, 0.29) is 10.6 Å². The Labute approximate surface area is 117 Å². The first kappa shape index (κ1) is 14.1. The van der Waals surface area contributed by atoms with Gasteiger partial charge in [0.25, 0.3) is 5.69 Å². The summed E-state index contributed by atoms with van der Waals surface area (Å²) < 4.78 is 0. The fraction of sp³-hybridized carbons (Fsp3) is 0.267. The molecule has 5 heteroatoms. The number of aryl methyl sites for hydroxylation is 1. The van der Waals surface area contributed by atoms with Gasteiger partial charge in [0, 0.05) is 30.4 Å². The lowest BCUT2D eigenvalue weighted by Gasteiger charge is -2.09. The van der Waals surface area contributed by atoms with Gasteiger partial charge >= 0.3 is 0 Å². The molecule has 0 amide bonds. The Bertz CT molecular complexity index is 612. The molecule has 0 aliphatic carbocycles. The Hall–Kier alpha value is -2.27. The maximum absolute atomic E-state index is 11.0. The van der Waals surface area contributed by atoms with E-state index in [0.717, 1.165) is 5.69 Å². The highest BCUT2D eigenvalue weighted by atomic mass is 16.6. The second-order valence-electron chi connectivity index (χ2n) is 4.71. The molecule has 0 fully saturated rings. The fourth-order valence-corrected chi connectivity index (χ4v) is 2.15. The molecule has 2 aromatic rings. The molecule has 1 heterocycles. The van der Waals surface area contributed by atoms with E-state index in [0.29, 0.717) is 24.2 Å². The van der Waals surface area contributed by atoms with Gasteiger partial charge in [0.2, 0.25) is 0 Å². The van der Waals surface area contributed by atoms with Gasteiger partial charge in [-0.1, -0.05) is 30.3 Å². The summed E-state index contributed by atoms with van der Waals surface area (Å²) in [6, 6.07) is 10.0. The molecule has 1 aromatic carbocycles. The Morgan fingerprint density at radius 1 is 1.20 bits per heavy atom. The van der Waals surface area contributed by atoms with E-state index in [4.69, 9.17) is 0 Å². The van der Waals surface area contributed by atoms with Crippen LogP contribution in [-0.4, -0.2) is 9.91 Å². The van der Waals surface area contributed by atoms with Gasteiger partial charge in [-0.3, -0.25) is 15.1 Å². The molecule has 1 N–H and O–H groups in total. The SMILES string of the molecule is Cc1cnc(CNCc2ccccc2)c(C)c1[N+](=O)[O-]. The van der Waals surface area contributed by atoms with Crippen molar-refractivity contribution in [1.29, 1.82) is 0 Å². The number of rotatable bonds is 5. The third-order valence-electron chi connectivity index (χ3n) is 3.22. The van der Waals surface area contributed by atoms with Gasteiger partial charge in [0.15, 0.2) is 0 Å². The predicted molar refractivity (Wildman–Crippen MR) is 77.4 cm³/mol. The van der Waals surface area contributed by atoms with Crippen LogP contribution in [0.5, 0.6) is 0 Å². The minimum absolute atomic E-state index is 0.163. The zero-order chi connectivity index (χ0) is 14.5. The first-order valence-electron chi connectivity index (χ1n) is 6.43. The van der Waals surface area contributed by atoms with E-state index >= 15 is 0 Å². The second-order valence-corrected chi connectivity index (χ2v) is 4.71. The van der Waals surface area contributed by atoms with Crippen molar-refractivity contribution in [1.82, 2.24) is 10.3 Å². The summed E-state index contributed by atoms with van der Waals surface area (Å²) in [4.78, 5) is 15.0. The van der Waals surface area contributed by atoms with Gasteiger partial charge in [0.1, 0.15) is 0 Å². The second kappa shape index (κ2) is 6.25. The third kappa shape index (κ3) is 3.19. The maximum Gasteiger partial charge on any atom is 0.278 e. The smallest absolute Gasteiger partial charge is 0.278 e. The van der Waals surface area contributed by atoms with Crippen LogP contribution in [0.2, 0.25) is 0 Å². The van der Waals surface area contributed by atoms with Crippen LogP contribution in [0.4, 0.5) is 5.69 Å². The van der Waals surface area contributed by atoms with Gasteiger partial charge in [-0.2, -0.15) is 0 Å². The molecule has 0 bridgehead atoms. The van der Waals surface area contributed by atoms with Gasteiger partial charge in [-0.15, -0.1) is 0 Å². The highest BCUT2D eigenvalue weighted by Crippen LogP contribution is 2.23. The first-order chi connectivity index (χ1) is 9.59. The number of aromatic nitrogens is 1. The molecule has 0 aliphatic heterocycles. The molecule has 0 spiro atoms. The molecule has 0 radical (unpaired) electrons. The molecule has 0 unspecified atom stereocenters. The summed E-state index contributed by atoms with van der Waals surface area (Å²) >= 11 is 0. The monoisotopic (exact) mass is 271 g/mol. The third-order valence-corrected chi connectivity index (χ3v) is 3.22. The van der Waals surface area contributed by atoms with Gasteiger partial charge in [0.05, 0.1) is 10.6 Å². The van der Waals surface area contributed by atoms with Crippen molar-refractivity contribution >= 4 is 5.69 Å². The average molecular weight is 271 g/mol. The molecule has 104 valence electrons. The van der Waals surface area contributed by atoms with Crippen molar-refractivity contribution < 1.29 is 4.92 Å². The number of nitro groups is 1. The lowest BCUT2D eigenvalue weighted by atomic mass is 10.1. The molecule has 0 aliphatic rings. The van der Waals surface area contributed by atoms with E-state index in [1.807, 2.05) is 30.3 Å². The van der Waals surface area contributed by atoms with E-state index < -0.39 is 0 Å². The summed E-state index contributed by atoms with van der Waals surface area (Å²) in [6.07, 6.45) is 1.56. The van der Waals surface area contributed by atoms with E-state index in [2.05, 4.69) is 10.3 Å². The molecule has 20 heavy (non-hydrogen) atoms. The molecule has 0 atom stereocenters. The number of hydrogen-bond acceptors (Lipinski definition) is 4. The minimum Gasteiger partial charge on any atom is -0.307 e. The van der Waals surface area contributed by atoms with Gasteiger partial charge in [-0.25, -0.2) is 0 Å². The molecule has 5 nitrogen and oxygen atoms in total. The summed E-state index contributed by atoms with van der Waals surface area (Å²) in [5.74, 6) is 0. The van der Waals surface area contributed by atoms with Crippen LogP contribution >= 0.6 is 0 Å². The highest BCUT2D eigenvalue weighted by molar-refractivity contribution is 5.47. The quantitative estimate of drug-likeness (QED) is 0.670. The molecule has 1 aromatic heterocycles. The Morgan fingerprint density at radius 3 is 2.55 bits per heavy atom. The van der Waals surface area contributed by atoms with Gasteiger partial charge < -0.3 is 5.32 Å². The summed E-state index contributed by atoms with van der Waals surface area (Å²) in [7, 11) is 0. The van der Waals surface area contributed by atoms with Crippen LogP contribution in [0, 0.1) is 24.0 Å². The van der Waals surface area contributed by atoms with Crippen molar-refractivity contribution in [2.75, 3.05) is 0 Å². The van der Waals surface area contributed by atoms with Crippen LogP contribution in [0.3, 0.4) is 0 Å². The summed E-state index contributed by atoms with van der Waals surface area (Å²) in [5.41, 5.74) is 3.29. The van der Waals surface area contributed by atoms with Crippen LogP contribution in [0.1, 0.15) is 22.4 Å². The van der Waals surface area contributed by atoms with Crippen molar-refractivity contribution in [2.45, 2.75) is 26.9 Å². The van der Waals surface area contributed by atoms with Crippen LogP contribution < -0.4 is 5.32 Å². The van der Waals surface area contributed by atoms with Crippen molar-refractivity contribution in [3.05, 3.63) is 69.0 Å². The standard InChI is InChI=1S/C15H17N3O2/c1-11-8-17-14(12(2)15(11)18(19)20)10-16-9-13-6-4-3-5-7-13/h3-8,16H,9-10H2,1-2H3. The largest absolute Gasteiger partial charge is 0.307 e. The Morgan fingerprint density at radius 2 is 1.90 bits per heavy atom. The summed E-state index contributed by atoms with van der Waals surface area (Å²) in [6.45, 7) is 4.68. The molecule has 2 rings (SSSR count). The van der Waals surface area contributed by atoms with Crippen molar-refractivity contribution in [2.24, 2.45) is 0 Å². The lowest BCUT2D eigenvalue weighted by molar-refractivity contribution is -0.386. The Kier molecular flexibility index (Phi) is 4.42. The zero-order valence-corrected chi connectivity index (χ0v) is 11.6. The van der Waals surface area contributed by atoms with Gasteiger partial charge in [-0.05, 0) is 19.4 Å². The number of hydrogen-bond donors (Lipinski definition) is 1. The lowest BCUT2D eigenvalue weighted by Crippen LogP contribution is -2.15. The van der Waals surface area contributed by atoms with Crippen LogP contribution in [0.15, 0.2) is 36.5 Å². The molecule has 0 saturated carbocycles. The predicted octanol–water partition coefficient (Wildman–Crippen LogP) is 2.90. The number of nitrogens with zero attached hydrogens (tertiary/aromatic N) is 2. The normalized spacial score (nSPS) is 10.5. The molecular formula is C15H17N3O2. The van der Waals surface area contributed by atoms with Crippen LogP contribution in [-0.2, 0) is 13.1 Å². The van der Waals surface area contributed by atoms with Crippen molar-refractivity contribution in [3.63, 3.8) is 0 Å². The van der Waals surface area contributed by atoms with E-state index in [1.165, 1.54) is 5.56 Å². The first-order valence-corrected chi connectivity index (χ1v) is 6.43. The van der Waals surface area contributed by atoms with E-state index in [9.17, 15) is 10.1 Å². The van der Waals surface area contributed by atoms with Crippen molar-refractivity contribution in [3.8, 4) is 0 Å². The minimum atomic E-state index is -0.340. The topological polar surface area (TPSA) is 68.1 Å².